The molecule has 0 amide bonds. The smallest absolute Gasteiger partial charge is 0.325 e. The molecule has 2 unspecified atom stereocenters. The van der Waals surface area contributed by atoms with Gasteiger partial charge in [0, 0.05) is 13.1 Å². The van der Waals surface area contributed by atoms with Crippen molar-refractivity contribution in [3.63, 3.8) is 0 Å². The highest BCUT2D eigenvalue weighted by molar-refractivity contribution is 5.80. The molecule has 0 aliphatic heterocycles. The Hall–Kier alpha value is -0.610. The molecule has 0 aromatic rings. The number of ether oxygens (including phenoxy) is 1. The maximum Gasteiger partial charge on any atom is 0.325 e. The number of carbonyl (C=O) groups excluding carboxylic acids is 1. The fourth-order valence-corrected chi connectivity index (χ4v) is 2.04. The SMILES string of the molecule is CCNC(C)(CCN(C)CC(C)CC)C(=O)OC. The maximum atomic E-state index is 11.8. The molecule has 0 saturated heterocycles. The van der Waals surface area contributed by atoms with Gasteiger partial charge in [0.1, 0.15) is 5.54 Å². The molecule has 0 radical (unpaired) electrons. The number of nitrogens with one attached hydrogen (secondary N) is 1. The van der Waals surface area contributed by atoms with E-state index in [1.807, 2.05) is 13.8 Å². The van der Waals surface area contributed by atoms with E-state index in [1.54, 1.807) is 0 Å². The Labute approximate surface area is 112 Å². The molecule has 18 heavy (non-hydrogen) atoms. The number of hydrogen-bond donors (Lipinski definition) is 1. The molecule has 0 aliphatic rings. The van der Waals surface area contributed by atoms with Gasteiger partial charge < -0.3 is 15.0 Å². The first-order chi connectivity index (χ1) is 8.39. The van der Waals surface area contributed by atoms with Crippen LogP contribution in [0.15, 0.2) is 0 Å². The summed E-state index contributed by atoms with van der Waals surface area (Å²) in [5.74, 6) is 0.514. The number of carbonyl (C=O) groups is 1. The summed E-state index contributed by atoms with van der Waals surface area (Å²) in [4.78, 5) is 14.1. The van der Waals surface area contributed by atoms with Crippen LogP contribution in [-0.2, 0) is 9.53 Å². The lowest BCUT2D eigenvalue weighted by molar-refractivity contribution is -0.148. The van der Waals surface area contributed by atoms with Crippen LogP contribution in [0.5, 0.6) is 0 Å². The molecular formula is C14H30N2O2. The van der Waals surface area contributed by atoms with Gasteiger partial charge >= 0.3 is 5.97 Å². The van der Waals surface area contributed by atoms with Crippen LogP contribution in [0.1, 0.15) is 40.5 Å². The third-order valence-electron chi connectivity index (χ3n) is 3.52. The van der Waals surface area contributed by atoms with Gasteiger partial charge in [-0.3, -0.25) is 4.79 Å². The van der Waals surface area contributed by atoms with Gasteiger partial charge in [-0.15, -0.1) is 0 Å². The average Bonchev–Trinajstić information content (AvgIpc) is 2.35. The van der Waals surface area contributed by atoms with Gasteiger partial charge in [-0.05, 0) is 32.9 Å². The Balaban J connectivity index is 4.30. The largest absolute Gasteiger partial charge is 0.468 e. The van der Waals surface area contributed by atoms with Gasteiger partial charge in [0.25, 0.3) is 0 Å². The second-order valence-corrected chi connectivity index (χ2v) is 5.38. The van der Waals surface area contributed by atoms with Gasteiger partial charge in [-0.1, -0.05) is 27.2 Å². The number of nitrogens with zero attached hydrogens (tertiary/aromatic N) is 1. The Bertz CT molecular complexity index is 246. The molecule has 0 spiro atoms. The van der Waals surface area contributed by atoms with Crippen LogP contribution in [0.4, 0.5) is 0 Å². The zero-order chi connectivity index (χ0) is 14.2. The highest BCUT2D eigenvalue weighted by Gasteiger charge is 2.33. The summed E-state index contributed by atoms with van der Waals surface area (Å²) < 4.78 is 4.88. The first-order valence-electron chi connectivity index (χ1n) is 6.91. The molecule has 0 fully saturated rings. The maximum absolute atomic E-state index is 11.8. The normalized spacial score (nSPS) is 16.4. The minimum atomic E-state index is -0.576. The second-order valence-electron chi connectivity index (χ2n) is 5.38. The van der Waals surface area contributed by atoms with Crippen molar-refractivity contribution in [1.29, 1.82) is 0 Å². The Morgan fingerprint density at radius 2 is 2.06 bits per heavy atom. The third kappa shape index (κ3) is 5.83. The number of hydrogen-bond acceptors (Lipinski definition) is 4. The molecule has 2 atom stereocenters. The van der Waals surface area contributed by atoms with Crippen LogP contribution in [0, 0.1) is 5.92 Å². The van der Waals surface area contributed by atoms with Crippen LogP contribution >= 0.6 is 0 Å². The van der Waals surface area contributed by atoms with E-state index in [4.69, 9.17) is 4.74 Å². The topological polar surface area (TPSA) is 41.6 Å². The van der Waals surface area contributed by atoms with Crippen LogP contribution in [0.25, 0.3) is 0 Å². The summed E-state index contributed by atoms with van der Waals surface area (Å²) in [6.45, 7) is 11.1. The molecule has 1 N–H and O–H groups in total. The first-order valence-corrected chi connectivity index (χ1v) is 6.91. The van der Waals surface area contributed by atoms with Crippen molar-refractivity contribution >= 4 is 5.97 Å². The number of esters is 1. The number of likely N-dealkylation sites (N-methyl/N-ethyl adjacent to an activating group) is 1. The quantitative estimate of drug-likeness (QED) is 0.641. The molecule has 0 rings (SSSR count). The lowest BCUT2D eigenvalue weighted by Gasteiger charge is -2.30. The highest BCUT2D eigenvalue weighted by Crippen LogP contribution is 2.13. The second kappa shape index (κ2) is 8.48. The third-order valence-corrected chi connectivity index (χ3v) is 3.52. The summed E-state index contributed by atoms with van der Waals surface area (Å²) in [5.41, 5.74) is -0.576. The van der Waals surface area contributed by atoms with Crippen molar-refractivity contribution in [2.75, 3.05) is 33.8 Å². The molecule has 0 aliphatic carbocycles. The van der Waals surface area contributed by atoms with Crippen molar-refractivity contribution in [1.82, 2.24) is 10.2 Å². The van der Waals surface area contributed by atoms with Crippen LogP contribution in [0.2, 0.25) is 0 Å². The molecule has 0 aromatic carbocycles. The monoisotopic (exact) mass is 258 g/mol. The molecule has 4 nitrogen and oxygen atoms in total. The Morgan fingerprint density at radius 3 is 2.50 bits per heavy atom. The van der Waals surface area contributed by atoms with Crippen LogP contribution in [-0.4, -0.2) is 50.2 Å². The summed E-state index contributed by atoms with van der Waals surface area (Å²) in [6, 6.07) is 0. The minimum absolute atomic E-state index is 0.179. The minimum Gasteiger partial charge on any atom is -0.468 e. The summed E-state index contributed by atoms with van der Waals surface area (Å²) >= 11 is 0. The fraction of sp³-hybridized carbons (Fsp3) is 0.929. The molecule has 0 saturated carbocycles. The van der Waals surface area contributed by atoms with Crippen LogP contribution < -0.4 is 5.32 Å². The molecule has 4 heteroatoms. The van der Waals surface area contributed by atoms with Crippen molar-refractivity contribution < 1.29 is 9.53 Å². The lowest BCUT2D eigenvalue weighted by atomic mass is 9.97. The van der Waals surface area contributed by atoms with E-state index < -0.39 is 5.54 Å². The summed E-state index contributed by atoms with van der Waals surface area (Å²) in [5, 5.41) is 3.23. The van der Waals surface area contributed by atoms with E-state index in [2.05, 4.69) is 31.1 Å². The van der Waals surface area contributed by atoms with Gasteiger partial charge in [0.15, 0.2) is 0 Å². The van der Waals surface area contributed by atoms with Crippen LogP contribution in [0.3, 0.4) is 0 Å². The Morgan fingerprint density at radius 1 is 1.44 bits per heavy atom. The molecule has 108 valence electrons. The summed E-state index contributed by atoms with van der Waals surface area (Å²) in [7, 11) is 3.55. The van der Waals surface area contributed by atoms with E-state index >= 15 is 0 Å². The van der Waals surface area contributed by atoms with E-state index in [0.717, 1.165) is 26.1 Å². The zero-order valence-electron chi connectivity index (χ0n) is 12.9. The van der Waals surface area contributed by atoms with Crippen molar-refractivity contribution in [3.05, 3.63) is 0 Å². The predicted octanol–water partition coefficient (Wildman–Crippen LogP) is 1.90. The lowest BCUT2D eigenvalue weighted by Crippen LogP contribution is -2.51. The van der Waals surface area contributed by atoms with Gasteiger partial charge in [-0.2, -0.15) is 0 Å². The molecular weight excluding hydrogens is 228 g/mol. The standard InChI is InChI=1S/C14H30N2O2/c1-7-12(3)11-16(5)10-9-14(4,15-8-2)13(17)18-6/h12,15H,7-11H2,1-6H3. The fourth-order valence-electron chi connectivity index (χ4n) is 2.04. The average molecular weight is 258 g/mol. The van der Waals surface area contributed by atoms with Crippen molar-refractivity contribution in [2.45, 2.75) is 46.1 Å². The number of rotatable bonds is 9. The van der Waals surface area contributed by atoms with Gasteiger partial charge in [0.2, 0.25) is 0 Å². The predicted molar refractivity (Wildman–Crippen MR) is 75.7 cm³/mol. The first kappa shape index (κ1) is 17.4. The zero-order valence-corrected chi connectivity index (χ0v) is 12.9. The van der Waals surface area contributed by atoms with Crippen molar-refractivity contribution in [3.8, 4) is 0 Å². The number of methoxy groups -OCH3 is 1. The van der Waals surface area contributed by atoms with E-state index in [1.165, 1.54) is 13.5 Å². The van der Waals surface area contributed by atoms with Crippen molar-refractivity contribution in [2.24, 2.45) is 5.92 Å². The molecule has 0 bridgehead atoms. The van der Waals surface area contributed by atoms with Gasteiger partial charge in [-0.25, -0.2) is 0 Å². The van der Waals surface area contributed by atoms with E-state index in [9.17, 15) is 4.79 Å². The van der Waals surface area contributed by atoms with E-state index in [-0.39, 0.29) is 5.97 Å². The molecule has 0 heterocycles. The summed E-state index contributed by atoms with van der Waals surface area (Å²) in [6.07, 6.45) is 1.95. The van der Waals surface area contributed by atoms with E-state index in [0.29, 0.717) is 5.92 Å². The highest BCUT2D eigenvalue weighted by atomic mass is 16.5. The van der Waals surface area contributed by atoms with Gasteiger partial charge in [0.05, 0.1) is 7.11 Å². The Kier molecular flexibility index (Phi) is 8.20. The molecule has 0 aromatic heterocycles.